The van der Waals surface area contributed by atoms with Crippen LogP contribution in [0.2, 0.25) is 0 Å². The van der Waals surface area contributed by atoms with E-state index in [0.29, 0.717) is 6.54 Å². The van der Waals surface area contributed by atoms with Crippen LogP contribution >= 0.6 is 11.8 Å². The molecule has 1 atom stereocenters. The predicted molar refractivity (Wildman–Crippen MR) is 106 cm³/mol. The second-order valence-corrected chi connectivity index (χ2v) is 7.14. The molecule has 0 bridgehead atoms. The molecule has 1 aromatic rings. The summed E-state index contributed by atoms with van der Waals surface area (Å²) in [5.41, 5.74) is 0.458. The molecule has 1 aliphatic heterocycles. The quantitative estimate of drug-likeness (QED) is 0.409. The maximum absolute atomic E-state index is 12.6. The summed E-state index contributed by atoms with van der Waals surface area (Å²) in [6, 6.07) is 5.16. The summed E-state index contributed by atoms with van der Waals surface area (Å²) in [5, 5.41) is 4.94. The number of rotatable bonds is 10. The average Bonchev–Trinajstić information content (AvgIpc) is 2.97. The fraction of sp³-hybridized carbons (Fsp3) is 0.421. The molecule has 0 fully saturated rings. The zero-order chi connectivity index (χ0) is 21.4. The smallest absolute Gasteiger partial charge is 0.330 e. The number of hydrogen-bond acceptors (Lipinski definition) is 7. The number of esters is 1. The second kappa shape index (κ2) is 10.6. The number of ether oxygens (including phenoxy) is 1. The molecule has 0 spiro atoms. The third-order valence-electron chi connectivity index (χ3n) is 4.10. The maximum Gasteiger partial charge on any atom is 0.330 e. The van der Waals surface area contributed by atoms with E-state index in [0.717, 1.165) is 11.3 Å². The highest BCUT2D eigenvalue weighted by atomic mass is 32.2. The van der Waals surface area contributed by atoms with Gasteiger partial charge in [0.05, 0.1) is 17.7 Å². The monoisotopic (exact) mass is 421 g/mol. The van der Waals surface area contributed by atoms with Crippen LogP contribution in [0.4, 0.5) is 0 Å². The van der Waals surface area contributed by atoms with E-state index in [1.54, 1.807) is 18.4 Å². The third-order valence-corrected chi connectivity index (χ3v) is 4.75. The third kappa shape index (κ3) is 5.57. The Balaban J connectivity index is 1.95. The van der Waals surface area contributed by atoms with Crippen molar-refractivity contribution in [3.8, 4) is 0 Å². The van der Waals surface area contributed by atoms with Crippen molar-refractivity contribution in [1.82, 2.24) is 15.5 Å². The SMILES string of the molecule is CCCNC(=O)CNC(=O)COC(=O)[C@@H](CSC)N1C(=O)c2ccccc2C1=O. The molecule has 2 N–H and O–H groups in total. The van der Waals surface area contributed by atoms with Crippen molar-refractivity contribution in [2.45, 2.75) is 19.4 Å². The minimum absolute atomic E-state index is 0.130. The van der Waals surface area contributed by atoms with Crippen LogP contribution < -0.4 is 10.6 Å². The van der Waals surface area contributed by atoms with Crippen LogP contribution in [0.1, 0.15) is 34.1 Å². The Labute approximate surface area is 172 Å². The van der Waals surface area contributed by atoms with E-state index in [1.165, 1.54) is 23.9 Å². The highest BCUT2D eigenvalue weighted by molar-refractivity contribution is 7.98. The first-order chi connectivity index (χ1) is 13.9. The molecule has 0 radical (unpaired) electrons. The maximum atomic E-state index is 12.6. The molecule has 0 unspecified atom stereocenters. The van der Waals surface area contributed by atoms with Gasteiger partial charge in [0.2, 0.25) is 5.91 Å². The van der Waals surface area contributed by atoms with Crippen molar-refractivity contribution in [2.75, 3.05) is 31.7 Å². The molecule has 29 heavy (non-hydrogen) atoms. The van der Waals surface area contributed by atoms with E-state index >= 15 is 0 Å². The van der Waals surface area contributed by atoms with Crippen LogP contribution in [-0.2, 0) is 19.1 Å². The fourth-order valence-electron chi connectivity index (χ4n) is 2.69. The number of amides is 4. The summed E-state index contributed by atoms with van der Waals surface area (Å²) < 4.78 is 5.00. The number of imide groups is 1. The minimum atomic E-state index is -1.15. The molecule has 0 saturated carbocycles. The van der Waals surface area contributed by atoms with Gasteiger partial charge in [0, 0.05) is 12.3 Å². The first-order valence-electron chi connectivity index (χ1n) is 9.06. The van der Waals surface area contributed by atoms with E-state index in [2.05, 4.69) is 10.6 Å². The summed E-state index contributed by atoms with van der Waals surface area (Å²) in [6.45, 7) is 1.55. The first-order valence-corrected chi connectivity index (χ1v) is 10.5. The van der Waals surface area contributed by atoms with Gasteiger partial charge in [-0.1, -0.05) is 19.1 Å². The Morgan fingerprint density at radius 3 is 2.24 bits per heavy atom. The largest absolute Gasteiger partial charge is 0.454 e. The lowest BCUT2D eigenvalue weighted by Crippen LogP contribution is -2.48. The second-order valence-electron chi connectivity index (χ2n) is 6.23. The van der Waals surface area contributed by atoms with Crippen LogP contribution in [0.15, 0.2) is 24.3 Å². The van der Waals surface area contributed by atoms with Crippen LogP contribution in [0.3, 0.4) is 0 Å². The van der Waals surface area contributed by atoms with E-state index in [-0.39, 0.29) is 29.3 Å². The number of thioether (sulfide) groups is 1. The van der Waals surface area contributed by atoms with Crippen molar-refractivity contribution in [3.05, 3.63) is 35.4 Å². The number of nitrogens with zero attached hydrogens (tertiary/aromatic N) is 1. The summed E-state index contributed by atoms with van der Waals surface area (Å²) in [4.78, 5) is 61.9. The first kappa shape index (κ1) is 22.4. The van der Waals surface area contributed by atoms with Gasteiger partial charge < -0.3 is 15.4 Å². The number of hydrogen-bond donors (Lipinski definition) is 2. The molecule has 0 aliphatic carbocycles. The highest BCUT2D eigenvalue weighted by Gasteiger charge is 2.43. The molecule has 0 saturated heterocycles. The lowest BCUT2D eigenvalue weighted by atomic mass is 10.1. The van der Waals surface area contributed by atoms with Crippen LogP contribution in [0, 0.1) is 0 Å². The van der Waals surface area contributed by atoms with Crippen LogP contribution in [-0.4, -0.2) is 72.2 Å². The van der Waals surface area contributed by atoms with Gasteiger partial charge in [-0.15, -0.1) is 0 Å². The summed E-state index contributed by atoms with van der Waals surface area (Å²) in [6.07, 6.45) is 2.49. The van der Waals surface area contributed by atoms with Crippen molar-refractivity contribution in [2.24, 2.45) is 0 Å². The molecule has 1 heterocycles. The van der Waals surface area contributed by atoms with Crippen molar-refractivity contribution in [3.63, 3.8) is 0 Å². The molecule has 1 aliphatic rings. The molecular formula is C19H23N3O6S. The summed E-state index contributed by atoms with van der Waals surface area (Å²) in [5.74, 6) is -2.88. The summed E-state index contributed by atoms with van der Waals surface area (Å²) >= 11 is 1.26. The number of carbonyl (C=O) groups is 5. The Morgan fingerprint density at radius 1 is 1.07 bits per heavy atom. The predicted octanol–water partition coefficient (Wildman–Crippen LogP) is 0.200. The number of benzene rings is 1. The average molecular weight is 421 g/mol. The van der Waals surface area contributed by atoms with E-state index in [1.807, 2.05) is 6.92 Å². The summed E-state index contributed by atoms with van der Waals surface area (Å²) in [7, 11) is 0. The van der Waals surface area contributed by atoms with Gasteiger partial charge >= 0.3 is 5.97 Å². The van der Waals surface area contributed by atoms with E-state index in [4.69, 9.17) is 4.74 Å². The van der Waals surface area contributed by atoms with E-state index in [9.17, 15) is 24.0 Å². The van der Waals surface area contributed by atoms with Gasteiger partial charge in [0.1, 0.15) is 6.04 Å². The zero-order valence-corrected chi connectivity index (χ0v) is 17.0. The van der Waals surface area contributed by atoms with Crippen LogP contribution in [0.25, 0.3) is 0 Å². The molecule has 2 rings (SSSR count). The minimum Gasteiger partial charge on any atom is -0.454 e. The standard InChI is InChI=1S/C19H23N3O6S/c1-3-8-20-15(23)9-21-16(24)10-28-19(27)14(11-29-2)22-17(25)12-6-4-5-7-13(12)18(22)26/h4-7,14H,3,8-11H2,1-2H3,(H,20,23)(H,21,24)/t14-/m1/s1. The van der Waals surface area contributed by atoms with Gasteiger partial charge in [-0.25, -0.2) is 4.79 Å². The lowest BCUT2D eigenvalue weighted by molar-refractivity contribution is -0.151. The van der Waals surface area contributed by atoms with Crippen molar-refractivity contribution < 1.29 is 28.7 Å². The van der Waals surface area contributed by atoms with Gasteiger partial charge in [-0.2, -0.15) is 11.8 Å². The molecule has 9 nitrogen and oxygen atoms in total. The Bertz CT molecular complexity index is 778. The molecular weight excluding hydrogens is 398 g/mol. The molecule has 1 aromatic carbocycles. The van der Waals surface area contributed by atoms with Gasteiger partial charge in [-0.3, -0.25) is 24.1 Å². The van der Waals surface area contributed by atoms with Gasteiger partial charge in [0.25, 0.3) is 17.7 Å². The lowest BCUT2D eigenvalue weighted by Gasteiger charge is -2.23. The number of fused-ring (bicyclic) bond motifs is 1. The highest BCUT2D eigenvalue weighted by Crippen LogP contribution is 2.26. The van der Waals surface area contributed by atoms with E-state index < -0.39 is 36.3 Å². The molecule has 10 heteroatoms. The molecule has 4 amide bonds. The number of carbonyl (C=O) groups excluding carboxylic acids is 5. The fourth-order valence-corrected chi connectivity index (χ4v) is 3.29. The molecule has 156 valence electrons. The Hall–Kier alpha value is -2.88. The van der Waals surface area contributed by atoms with Crippen molar-refractivity contribution in [1.29, 1.82) is 0 Å². The normalized spacial score (nSPS) is 13.7. The van der Waals surface area contributed by atoms with Gasteiger partial charge in [-0.05, 0) is 24.8 Å². The topological polar surface area (TPSA) is 122 Å². The Kier molecular flexibility index (Phi) is 8.20. The van der Waals surface area contributed by atoms with Crippen molar-refractivity contribution >= 4 is 41.4 Å². The van der Waals surface area contributed by atoms with Gasteiger partial charge in [0.15, 0.2) is 6.61 Å². The number of nitrogens with one attached hydrogen (secondary N) is 2. The van der Waals surface area contributed by atoms with Crippen LogP contribution in [0.5, 0.6) is 0 Å². The zero-order valence-electron chi connectivity index (χ0n) is 16.2. The molecule has 0 aromatic heterocycles. The Morgan fingerprint density at radius 2 is 1.69 bits per heavy atom.